The zero-order valence-electron chi connectivity index (χ0n) is 16.3. The number of carbonyl (C=O) groups excluding carboxylic acids is 1. The first-order valence-corrected chi connectivity index (χ1v) is 9.53. The van der Waals surface area contributed by atoms with Gasteiger partial charge in [0.15, 0.2) is 0 Å². The number of hydrogen-bond donors (Lipinski definition) is 1. The molecule has 1 aromatic carbocycles. The number of rotatable bonds is 2. The zero-order chi connectivity index (χ0) is 21.7. The van der Waals surface area contributed by atoms with Crippen molar-refractivity contribution in [3.8, 4) is 0 Å². The molecule has 2 aliphatic heterocycles. The average molecular weight is 418 g/mol. The van der Waals surface area contributed by atoms with Crippen LogP contribution in [0.25, 0.3) is 0 Å². The molecule has 0 atom stereocenters. The number of amides is 1. The minimum atomic E-state index is -5.08. The van der Waals surface area contributed by atoms with Crippen LogP contribution in [0.3, 0.4) is 0 Å². The van der Waals surface area contributed by atoms with Crippen molar-refractivity contribution in [2.75, 3.05) is 26.2 Å². The molecule has 0 aliphatic carbocycles. The summed E-state index contributed by atoms with van der Waals surface area (Å²) in [4.78, 5) is 24.7. The van der Waals surface area contributed by atoms with Crippen molar-refractivity contribution in [2.45, 2.75) is 45.3 Å². The third-order valence-corrected chi connectivity index (χ3v) is 5.72. The first-order valence-electron chi connectivity index (χ1n) is 9.53. The van der Waals surface area contributed by atoms with Crippen molar-refractivity contribution in [3.05, 3.63) is 35.6 Å². The number of carboxylic acids is 1. The molecule has 0 radical (unpaired) electrons. The Morgan fingerprint density at radius 3 is 2.03 bits per heavy atom. The van der Waals surface area contributed by atoms with Crippen LogP contribution >= 0.6 is 0 Å². The fourth-order valence-electron chi connectivity index (χ4n) is 3.87. The molecule has 162 valence electrons. The topological polar surface area (TPSA) is 60.9 Å². The van der Waals surface area contributed by atoms with E-state index < -0.39 is 12.1 Å². The van der Waals surface area contributed by atoms with Crippen LogP contribution in [0.1, 0.15) is 38.2 Å². The lowest BCUT2D eigenvalue weighted by molar-refractivity contribution is -0.192. The molecule has 9 heteroatoms. The summed E-state index contributed by atoms with van der Waals surface area (Å²) in [6.45, 7) is 6.50. The van der Waals surface area contributed by atoms with Gasteiger partial charge in [0.1, 0.15) is 5.82 Å². The van der Waals surface area contributed by atoms with Crippen LogP contribution in [0.5, 0.6) is 0 Å². The highest BCUT2D eigenvalue weighted by molar-refractivity contribution is 5.73. The van der Waals surface area contributed by atoms with Crippen LogP contribution in [0.15, 0.2) is 24.3 Å². The van der Waals surface area contributed by atoms with Crippen molar-refractivity contribution in [2.24, 2.45) is 5.41 Å². The second-order valence-corrected chi connectivity index (χ2v) is 7.72. The van der Waals surface area contributed by atoms with E-state index in [0.29, 0.717) is 5.41 Å². The van der Waals surface area contributed by atoms with E-state index in [1.165, 1.54) is 18.9 Å². The van der Waals surface area contributed by atoms with Gasteiger partial charge < -0.3 is 10.0 Å². The van der Waals surface area contributed by atoms with Gasteiger partial charge in [-0.1, -0.05) is 12.1 Å². The quantitative estimate of drug-likeness (QED) is 0.745. The van der Waals surface area contributed by atoms with Crippen molar-refractivity contribution >= 4 is 11.9 Å². The number of likely N-dealkylation sites (tertiary alicyclic amines) is 2. The van der Waals surface area contributed by atoms with E-state index in [4.69, 9.17) is 9.90 Å². The molecule has 2 aliphatic rings. The molecule has 1 spiro atoms. The fourth-order valence-corrected chi connectivity index (χ4v) is 3.87. The van der Waals surface area contributed by atoms with Crippen LogP contribution in [-0.4, -0.2) is 59.1 Å². The maximum absolute atomic E-state index is 13.3. The SMILES string of the molecule is CC(=O)N1CCC2(CCN(Cc3cccc(F)c3)CC2)CC1.O=C(O)C(F)(F)F. The summed E-state index contributed by atoms with van der Waals surface area (Å²) < 4.78 is 45.0. The monoisotopic (exact) mass is 418 g/mol. The van der Waals surface area contributed by atoms with Gasteiger partial charge in [-0.15, -0.1) is 0 Å². The molecular formula is C20H26F4N2O3. The second-order valence-electron chi connectivity index (χ2n) is 7.72. The molecule has 5 nitrogen and oxygen atoms in total. The Kier molecular flexibility index (Phi) is 7.62. The van der Waals surface area contributed by atoms with E-state index >= 15 is 0 Å². The highest BCUT2D eigenvalue weighted by atomic mass is 19.4. The molecule has 2 saturated heterocycles. The summed E-state index contributed by atoms with van der Waals surface area (Å²) in [5.74, 6) is -2.70. The van der Waals surface area contributed by atoms with E-state index in [1.807, 2.05) is 11.0 Å². The molecule has 29 heavy (non-hydrogen) atoms. The molecule has 1 aromatic rings. The third kappa shape index (κ3) is 6.99. The minimum absolute atomic E-state index is 0.150. The van der Waals surface area contributed by atoms with Crippen LogP contribution in [0.2, 0.25) is 0 Å². The number of nitrogens with zero attached hydrogens (tertiary/aromatic N) is 2. The summed E-state index contributed by atoms with van der Waals surface area (Å²) in [6, 6.07) is 6.92. The minimum Gasteiger partial charge on any atom is -0.475 e. The highest BCUT2D eigenvalue weighted by Gasteiger charge is 2.38. The normalized spacial score (nSPS) is 19.4. The summed E-state index contributed by atoms with van der Waals surface area (Å²) in [5.41, 5.74) is 1.49. The first kappa shape index (κ1) is 23.1. The Balaban J connectivity index is 0.000000370. The van der Waals surface area contributed by atoms with Gasteiger partial charge in [-0.05, 0) is 61.9 Å². The number of aliphatic carboxylic acids is 1. The Labute approximate surface area is 167 Å². The first-order chi connectivity index (χ1) is 13.5. The van der Waals surface area contributed by atoms with Crippen molar-refractivity contribution in [1.82, 2.24) is 9.80 Å². The van der Waals surface area contributed by atoms with Gasteiger partial charge in [0.05, 0.1) is 0 Å². The number of carboxylic acid groups (broad SMARTS) is 1. The van der Waals surface area contributed by atoms with Gasteiger partial charge in [-0.3, -0.25) is 9.69 Å². The lowest BCUT2D eigenvalue weighted by Crippen LogP contribution is -2.47. The summed E-state index contributed by atoms with van der Waals surface area (Å²) in [6.07, 6.45) is -0.400. The lowest BCUT2D eigenvalue weighted by atomic mass is 9.71. The maximum Gasteiger partial charge on any atom is 0.490 e. The van der Waals surface area contributed by atoms with Gasteiger partial charge in [0.25, 0.3) is 0 Å². The number of carbonyl (C=O) groups is 2. The maximum atomic E-state index is 13.3. The third-order valence-electron chi connectivity index (χ3n) is 5.72. The van der Waals surface area contributed by atoms with E-state index in [0.717, 1.165) is 51.1 Å². The summed E-state index contributed by atoms with van der Waals surface area (Å²) in [5, 5.41) is 7.12. The smallest absolute Gasteiger partial charge is 0.475 e. The molecule has 0 unspecified atom stereocenters. The molecule has 2 heterocycles. The molecule has 0 saturated carbocycles. The molecule has 3 rings (SSSR count). The molecule has 2 fully saturated rings. The van der Waals surface area contributed by atoms with Gasteiger partial charge in [-0.25, -0.2) is 9.18 Å². The Hall–Kier alpha value is -2.16. The van der Waals surface area contributed by atoms with Gasteiger partial charge in [0, 0.05) is 26.6 Å². The summed E-state index contributed by atoms with van der Waals surface area (Å²) >= 11 is 0. The molecule has 0 bridgehead atoms. The standard InChI is InChI=1S/C18H25FN2O.C2HF3O2/c1-15(22)21-11-7-18(8-12-21)5-9-20(10-6-18)14-16-3-2-4-17(19)13-16;3-2(4,5)1(6)7/h2-4,13H,5-12,14H2,1H3;(H,6,7). The number of hydrogen-bond acceptors (Lipinski definition) is 3. The van der Waals surface area contributed by atoms with Crippen molar-refractivity contribution in [3.63, 3.8) is 0 Å². The predicted octanol–water partition coefficient (Wildman–Crippen LogP) is 3.68. The molecule has 1 amide bonds. The van der Waals surface area contributed by atoms with Gasteiger partial charge in [-0.2, -0.15) is 13.2 Å². The van der Waals surface area contributed by atoms with Gasteiger partial charge in [0.2, 0.25) is 5.91 Å². The van der Waals surface area contributed by atoms with Crippen molar-refractivity contribution < 1.29 is 32.3 Å². The number of halogens is 4. The van der Waals surface area contributed by atoms with Gasteiger partial charge >= 0.3 is 12.1 Å². The predicted molar refractivity (Wildman–Crippen MR) is 98.5 cm³/mol. The van der Waals surface area contributed by atoms with Crippen LogP contribution in [-0.2, 0) is 16.1 Å². The fraction of sp³-hybridized carbons (Fsp3) is 0.600. The average Bonchev–Trinajstić information content (AvgIpc) is 2.64. The molecule has 1 N–H and O–H groups in total. The van der Waals surface area contributed by atoms with Crippen LogP contribution in [0.4, 0.5) is 17.6 Å². The number of benzene rings is 1. The van der Waals surface area contributed by atoms with E-state index in [-0.39, 0.29) is 11.7 Å². The Morgan fingerprint density at radius 2 is 1.59 bits per heavy atom. The Morgan fingerprint density at radius 1 is 1.07 bits per heavy atom. The second kappa shape index (κ2) is 9.56. The van der Waals surface area contributed by atoms with Crippen LogP contribution < -0.4 is 0 Å². The zero-order valence-corrected chi connectivity index (χ0v) is 16.3. The van der Waals surface area contributed by atoms with E-state index in [1.54, 1.807) is 19.1 Å². The Bertz CT molecular complexity index is 706. The lowest BCUT2D eigenvalue weighted by Gasteiger charge is -2.46. The highest BCUT2D eigenvalue weighted by Crippen LogP contribution is 2.41. The number of alkyl halides is 3. The molecule has 0 aromatic heterocycles. The van der Waals surface area contributed by atoms with E-state index in [9.17, 15) is 22.4 Å². The molecular weight excluding hydrogens is 392 g/mol. The summed E-state index contributed by atoms with van der Waals surface area (Å²) in [7, 11) is 0. The number of piperidine rings is 2. The largest absolute Gasteiger partial charge is 0.490 e. The van der Waals surface area contributed by atoms with E-state index in [2.05, 4.69) is 4.90 Å². The van der Waals surface area contributed by atoms with Crippen LogP contribution in [0, 0.1) is 11.2 Å². The van der Waals surface area contributed by atoms with Crippen molar-refractivity contribution in [1.29, 1.82) is 0 Å².